The van der Waals surface area contributed by atoms with Crippen LogP contribution in [-0.2, 0) is 0 Å². The number of fused-ring (bicyclic) bond motifs is 1. The van der Waals surface area contributed by atoms with Crippen LogP contribution in [0.25, 0.3) is 10.9 Å². The fraction of sp³-hybridized carbons (Fsp3) is 0.250. The van der Waals surface area contributed by atoms with Crippen molar-refractivity contribution in [1.29, 1.82) is 0 Å². The van der Waals surface area contributed by atoms with Gasteiger partial charge < -0.3 is 4.98 Å². The lowest BCUT2D eigenvalue weighted by atomic mass is 10.1. The lowest BCUT2D eigenvalue weighted by Gasteiger charge is -1.97. The molecule has 2 aromatic rings. The maximum Gasteiger partial charge on any atom is 0.163 e. The Morgan fingerprint density at radius 3 is 2.73 bits per heavy atom. The molecule has 15 heavy (non-hydrogen) atoms. The second-order valence-corrected chi connectivity index (χ2v) is 4.45. The number of H-pyrrole nitrogens is 1. The predicted octanol–water partition coefficient (Wildman–Crippen LogP) is 3.40. The summed E-state index contributed by atoms with van der Waals surface area (Å²) in [6.45, 7) is 3.65. The summed E-state index contributed by atoms with van der Waals surface area (Å²) in [5.41, 5.74) is 3.04. The third-order valence-electron chi connectivity index (χ3n) is 2.48. The molecule has 0 aliphatic carbocycles. The van der Waals surface area contributed by atoms with Crippen molar-refractivity contribution < 1.29 is 4.79 Å². The predicted molar refractivity (Wildman–Crippen MR) is 64.8 cm³/mol. The maximum atomic E-state index is 11.6. The van der Waals surface area contributed by atoms with Crippen molar-refractivity contribution in [2.75, 3.05) is 6.26 Å². The van der Waals surface area contributed by atoms with E-state index in [0.29, 0.717) is 0 Å². The van der Waals surface area contributed by atoms with Crippen molar-refractivity contribution in [3.63, 3.8) is 0 Å². The highest BCUT2D eigenvalue weighted by Gasteiger charge is 2.14. The summed E-state index contributed by atoms with van der Waals surface area (Å²) in [5.74, 6) is 0.121. The molecule has 1 N–H and O–H groups in total. The zero-order chi connectivity index (χ0) is 11.0. The molecule has 0 radical (unpaired) electrons. The number of hydrogen-bond acceptors (Lipinski definition) is 2. The molecule has 1 aromatic carbocycles. The van der Waals surface area contributed by atoms with Crippen LogP contribution in [0.4, 0.5) is 0 Å². The molecule has 78 valence electrons. The van der Waals surface area contributed by atoms with Crippen LogP contribution in [0.2, 0.25) is 0 Å². The summed E-state index contributed by atoms with van der Waals surface area (Å²) in [4.78, 5) is 14.8. The van der Waals surface area contributed by atoms with Gasteiger partial charge in [0, 0.05) is 10.9 Å². The van der Waals surface area contributed by atoms with Crippen molar-refractivity contribution in [2.45, 2.75) is 18.9 Å². The van der Waals surface area contributed by atoms with Crippen LogP contribution in [-0.4, -0.2) is 17.0 Å². The van der Waals surface area contributed by atoms with E-state index in [0.717, 1.165) is 21.5 Å². The van der Waals surface area contributed by atoms with Gasteiger partial charge in [0.25, 0.3) is 0 Å². The van der Waals surface area contributed by atoms with E-state index in [2.05, 4.69) is 11.1 Å². The molecule has 0 bridgehead atoms. The Morgan fingerprint density at radius 1 is 1.40 bits per heavy atom. The average Bonchev–Trinajstić information content (AvgIpc) is 2.55. The largest absolute Gasteiger partial charge is 0.349 e. The van der Waals surface area contributed by atoms with Crippen molar-refractivity contribution in [3.8, 4) is 0 Å². The highest BCUT2D eigenvalue weighted by Crippen LogP contribution is 2.29. The molecule has 0 unspecified atom stereocenters. The Bertz CT molecular complexity index is 528. The number of Topliss-reactive ketones (excluding diaryl/α,β-unsaturated/α-hetero) is 1. The first kappa shape index (κ1) is 10.3. The fourth-order valence-corrected chi connectivity index (χ4v) is 2.45. The third kappa shape index (κ3) is 1.67. The van der Waals surface area contributed by atoms with Gasteiger partial charge in [-0.2, -0.15) is 0 Å². The van der Waals surface area contributed by atoms with E-state index in [1.54, 1.807) is 18.7 Å². The molecular formula is C12H13NOS. The molecule has 0 spiro atoms. The average molecular weight is 219 g/mol. The zero-order valence-electron chi connectivity index (χ0n) is 9.05. The molecule has 0 aliphatic rings. The zero-order valence-corrected chi connectivity index (χ0v) is 9.87. The molecule has 3 heteroatoms. The Hall–Kier alpha value is -1.22. The quantitative estimate of drug-likeness (QED) is 0.620. The monoisotopic (exact) mass is 219 g/mol. The molecule has 0 aliphatic heterocycles. The SMILES string of the molecule is CSc1[nH]c2ccc(C)cc2c1C(C)=O. The minimum absolute atomic E-state index is 0.121. The van der Waals surface area contributed by atoms with Gasteiger partial charge in [-0.15, -0.1) is 11.8 Å². The van der Waals surface area contributed by atoms with Gasteiger partial charge in [0.15, 0.2) is 5.78 Å². The van der Waals surface area contributed by atoms with E-state index in [-0.39, 0.29) is 5.78 Å². The number of carbonyl (C=O) groups excluding carboxylic acids is 1. The minimum Gasteiger partial charge on any atom is -0.349 e. The molecule has 2 rings (SSSR count). The van der Waals surface area contributed by atoms with Crippen LogP contribution in [0.5, 0.6) is 0 Å². The maximum absolute atomic E-state index is 11.6. The van der Waals surface area contributed by atoms with Crippen LogP contribution in [0, 0.1) is 6.92 Å². The number of aromatic amines is 1. The summed E-state index contributed by atoms with van der Waals surface area (Å²) < 4.78 is 0. The molecule has 0 saturated heterocycles. The van der Waals surface area contributed by atoms with E-state index in [1.165, 1.54) is 5.56 Å². The lowest BCUT2D eigenvalue weighted by molar-refractivity contribution is 0.101. The van der Waals surface area contributed by atoms with Crippen LogP contribution in [0.15, 0.2) is 23.2 Å². The van der Waals surface area contributed by atoms with Gasteiger partial charge >= 0.3 is 0 Å². The van der Waals surface area contributed by atoms with Gasteiger partial charge in [0.2, 0.25) is 0 Å². The summed E-state index contributed by atoms with van der Waals surface area (Å²) in [7, 11) is 0. The van der Waals surface area contributed by atoms with Gasteiger partial charge in [0.1, 0.15) is 0 Å². The van der Waals surface area contributed by atoms with Gasteiger partial charge in [-0.3, -0.25) is 4.79 Å². The number of hydrogen-bond donors (Lipinski definition) is 1. The van der Waals surface area contributed by atoms with Crippen LogP contribution < -0.4 is 0 Å². The Kier molecular flexibility index (Phi) is 2.57. The van der Waals surface area contributed by atoms with Gasteiger partial charge in [-0.25, -0.2) is 0 Å². The molecule has 0 atom stereocenters. The van der Waals surface area contributed by atoms with Crippen LogP contribution in [0.1, 0.15) is 22.8 Å². The second kappa shape index (κ2) is 3.74. The highest BCUT2D eigenvalue weighted by molar-refractivity contribution is 7.98. The minimum atomic E-state index is 0.121. The number of aryl methyl sites for hydroxylation is 1. The Labute approximate surface area is 93.1 Å². The van der Waals surface area contributed by atoms with E-state index in [9.17, 15) is 4.79 Å². The topological polar surface area (TPSA) is 32.9 Å². The third-order valence-corrected chi connectivity index (χ3v) is 3.19. The fourth-order valence-electron chi connectivity index (χ4n) is 1.78. The molecular weight excluding hydrogens is 206 g/mol. The second-order valence-electron chi connectivity index (χ2n) is 3.64. The first-order valence-electron chi connectivity index (χ1n) is 4.80. The highest BCUT2D eigenvalue weighted by atomic mass is 32.2. The first-order chi connectivity index (χ1) is 7.13. The number of thioether (sulfide) groups is 1. The van der Waals surface area contributed by atoms with Crippen molar-refractivity contribution in [1.82, 2.24) is 4.98 Å². The van der Waals surface area contributed by atoms with Crippen LogP contribution >= 0.6 is 11.8 Å². The first-order valence-corrected chi connectivity index (χ1v) is 6.03. The lowest BCUT2D eigenvalue weighted by Crippen LogP contribution is -1.92. The van der Waals surface area contributed by atoms with E-state index in [1.807, 2.05) is 25.3 Å². The number of nitrogens with one attached hydrogen (secondary N) is 1. The molecule has 1 aromatic heterocycles. The van der Waals surface area contributed by atoms with Crippen LogP contribution in [0.3, 0.4) is 0 Å². The summed E-state index contributed by atoms with van der Waals surface area (Å²) in [6.07, 6.45) is 1.98. The number of benzene rings is 1. The number of rotatable bonds is 2. The number of ketones is 1. The standard InChI is InChI=1S/C12H13NOS/c1-7-4-5-10-9(6-7)11(8(2)14)12(13-10)15-3/h4-6,13H,1-3H3. The normalized spacial score (nSPS) is 10.9. The summed E-state index contributed by atoms with van der Waals surface area (Å²) >= 11 is 1.58. The summed E-state index contributed by atoms with van der Waals surface area (Å²) in [6, 6.07) is 6.13. The summed E-state index contributed by atoms with van der Waals surface area (Å²) in [5, 5.41) is 2.00. The number of carbonyl (C=O) groups is 1. The van der Waals surface area contributed by atoms with Crippen molar-refractivity contribution in [3.05, 3.63) is 29.3 Å². The molecule has 0 saturated carbocycles. The molecule has 2 nitrogen and oxygen atoms in total. The van der Waals surface area contributed by atoms with Gasteiger partial charge in [-0.05, 0) is 32.2 Å². The van der Waals surface area contributed by atoms with Crippen molar-refractivity contribution in [2.24, 2.45) is 0 Å². The van der Waals surface area contributed by atoms with Crippen molar-refractivity contribution >= 4 is 28.4 Å². The molecule has 0 amide bonds. The van der Waals surface area contributed by atoms with E-state index < -0.39 is 0 Å². The van der Waals surface area contributed by atoms with E-state index in [4.69, 9.17) is 0 Å². The van der Waals surface area contributed by atoms with E-state index >= 15 is 0 Å². The smallest absolute Gasteiger partial charge is 0.163 e. The van der Waals surface area contributed by atoms with Gasteiger partial charge in [-0.1, -0.05) is 11.6 Å². The van der Waals surface area contributed by atoms with Gasteiger partial charge in [0.05, 0.1) is 10.6 Å². The molecule has 0 fully saturated rings. The Morgan fingerprint density at radius 2 is 2.13 bits per heavy atom. The molecule has 1 heterocycles. The Balaban J connectivity index is 2.82. The number of aromatic nitrogens is 1.